The molecule has 1 aromatic heterocycles. The summed E-state index contributed by atoms with van der Waals surface area (Å²) in [6.07, 6.45) is 6.65. The van der Waals surface area contributed by atoms with Crippen LogP contribution < -0.4 is 5.32 Å². The lowest BCUT2D eigenvalue weighted by Gasteiger charge is -2.15. The van der Waals surface area contributed by atoms with Crippen LogP contribution in [0.4, 0.5) is 0 Å². The summed E-state index contributed by atoms with van der Waals surface area (Å²) in [5, 5.41) is 3.56. The Labute approximate surface area is 103 Å². The smallest absolute Gasteiger partial charge is 0.126 e. The highest BCUT2D eigenvalue weighted by Crippen LogP contribution is 2.20. The van der Waals surface area contributed by atoms with Crippen LogP contribution >= 0.6 is 0 Å². The molecule has 96 valence electrons. The van der Waals surface area contributed by atoms with Crippen molar-refractivity contribution in [2.75, 3.05) is 20.3 Å². The molecule has 0 bridgehead atoms. The monoisotopic (exact) mass is 237 g/mol. The summed E-state index contributed by atoms with van der Waals surface area (Å²) < 4.78 is 7.50. The Balaban J connectivity index is 2.14. The summed E-state index contributed by atoms with van der Waals surface area (Å²) in [5.41, 5.74) is 1.23. The third-order valence-electron chi connectivity index (χ3n) is 3.25. The Morgan fingerprint density at radius 1 is 1.59 bits per heavy atom. The van der Waals surface area contributed by atoms with E-state index in [-0.39, 0.29) is 0 Å². The van der Waals surface area contributed by atoms with E-state index in [1.54, 1.807) is 7.11 Å². The van der Waals surface area contributed by atoms with E-state index in [1.165, 1.54) is 17.9 Å². The second kappa shape index (κ2) is 6.17. The van der Waals surface area contributed by atoms with Gasteiger partial charge in [0.2, 0.25) is 0 Å². The minimum Gasteiger partial charge on any atom is -0.385 e. The Morgan fingerprint density at radius 2 is 2.47 bits per heavy atom. The summed E-state index contributed by atoms with van der Waals surface area (Å²) >= 11 is 0. The second-order valence-corrected chi connectivity index (χ2v) is 4.68. The van der Waals surface area contributed by atoms with Gasteiger partial charge in [-0.25, -0.2) is 4.98 Å². The van der Waals surface area contributed by atoms with E-state index in [4.69, 9.17) is 9.72 Å². The lowest BCUT2D eigenvalue weighted by atomic mass is 10.2. The van der Waals surface area contributed by atoms with E-state index < -0.39 is 0 Å². The van der Waals surface area contributed by atoms with Gasteiger partial charge >= 0.3 is 0 Å². The van der Waals surface area contributed by atoms with Crippen LogP contribution in [0.15, 0.2) is 6.20 Å². The molecule has 0 saturated carbocycles. The Bertz CT molecular complexity index is 348. The van der Waals surface area contributed by atoms with Crippen LogP contribution in [0.2, 0.25) is 0 Å². The number of hydrogen-bond donors (Lipinski definition) is 1. The number of ether oxygens (including phenoxy) is 1. The van der Waals surface area contributed by atoms with Crippen molar-refractivity contribution in [2.24, 2.45) is 0 Å². The van der Waals surface area contributed by atoms with Crippen LogP contribution in [-0.2, 0) is 17.7 Å². The molecule has 2 rings (SSSR count). The predicted octanol–water partition coefficient (Wildman–Crippen LogP) is 1.91. The van der Waals surface area contributed by atoms with Crippen molar-refractivity contribution in [1.82, 2.24) is 14.9 Å². The van der Waals surface area contributed by atoms with Crippen LogP contribution in [0.1, 0.15) is 43.7 Å². The summed E-state index contributed by atoms with van der Waals surface area (Å²) in [5.74, 6) is 1.20. The van der Waals surface area contributed by atoms with Crippen LogP contribution in [-0.4, -0.2) is 29.8 Å². The van der Waals surface area contributed by atoms with Gasteiger partial charge in [0.15, 0.2) is 0 Å². The third kappa shape index (κ3) is 3.07. The highest BCUT2D eigenvalue weighted by atomic mass is 16.5. The quantitative estimate of drug-likeness (QED) is 0.850. The molecule has 4 heteroatoms. The molecule has 1 atom stereocenters. The van der Waals surface area contributed by atoms with Gasteiger partial charge in [0, 0.05) is 26.5 Å². The zero-order valence-corrected chi connectivity index (χ0v) is 10.9. The lowest BCUT2D eigenvalue weighted by Crippen LogP contribution is -2.23. The van der Waals surface area contributed by atoms with Crippen LogP contribution in [0.5, 0.6) is 0 Å². The minimum atomic E-state index is 0.350. The van der Waals surface area contributed by atoms with E-state index in [0.717, 1.165) is 39.0 Å². The van der Waals surface area contributed by atoms with Gasteiger partial charge < -0.3 is 14.6 Å². The van der Waals surface area contributed by atoms with Gasteiger partial charge in [-0.05, 0) is 25.8 Å². The Kier molecular flexibility index (Phi) is 4.57. The zero-order chi connectivity index (χ0) is 12.1. The van der Waals surface area contributed by atoms with Crippen molar-refractivity contribution in [1.29, 1.82) is 0 Å². The molecule has 1 N–H and O–H groups in total. The van der Waals surface area contributed by atoms with E-state index in [9.17, 15) is 0 Å². The molecule has 1 aliphatic rings. The summed E-state index contributed by atoms with van der Waals surface area (Å²) in [7, 11) is 1.76. The second-order valence-electron chi connectivity index (χ2n) is 4.68. The molecule has 0 radical (unpaired) electrons. The fourth-order valence-corrected chi connectivity index (χ4v) is 2.40. The highest BCUT2D eigenvalue weighted by Gasteiger charge is 2.20. The Morgan fingerprint density at radius 3 is 3.24 bits per heavy atom. The molecule has 0 aliphatic carbocycles. The zero-order valence-electron chi connectivity index (χ0n) is 10.9. The van der Waals surface area contributed by atoms with E-state index in [0.29, 0.717) is 6.04 Å². The van der Waals surface area contributed by atoms with Gasteiger partial charge in [0.1, 0.15) is 5.82 Å². The largest absolute Gasteiger partial charge is 0.385 e. The van der Waals surface area contributed by atoms with Crippen molar-refractivity contribution in [3.63, 3.8) is 0 Å². The molecule has 1 unspecified atom stereocenters. The van der Waals surface area contributed by atoms with E-state index in [1.807, 2.05) is 0 Å². The molecule has 2 heterocycles. The van der Waals surface area contributed by atoms with Crippen LogP contribution in [0.25, 0.3) is 0 Å². The number of methoxy groups -OCH3 is 1. The minimum absolute atomic E-state index is 0.350. The molecule has 0 aromatic carbocycles. The number of fused-ring (bicyclic) bond motifs is 1. The number of rotatable bonds is 5. The molecule has 0 fully saturated rings. The summed E-state index contributed by atoms with van der Waals surface area (Å²) in [6, 6.07) is 0.350. The number of nitrogens with one attached hydrogen (secondary N) is 1. The van der Waals surface area contributed by atoms with Gasteiger partial charge in [0.25, 0.3) is 0 Å². The van der Waals surface area contributed by atoms with E-state index >= 15 is 0 Å². The SMILES string of the molecule is CCCc1cn2c(n1)C(CCOC)NCCC2. The number of aromatic nitrogens is 2. The maximum Gasteiger partial charge on any atom is 0.126 e. The average Bonchev–Trinajstić information content (AvgIpc) is 2.63. The molecule has 0 amide bonds. The number of hydrogen-bond acceptors (Lipinski definition) is 3. The van der Waals surface area contributed by atoms with Gasteiger partial charge in [-0.1, -0.05) is 13.3 Å². The van der Waals surface area contributed by atoms with Crippen molar-refractivity contribution in [3.8, 4) is 0 Å². The summed E-state index contributed by atoms with van der Waals surface area (Å²) in [4.78, 5) is 4.78. The van der Waals surface area contributed by atoms with Crippen molar-refractivity contribution >= 4 is 0 Å². The highest BCUT2D eigenvalue weighted by molar-refractivity contribution is 5.09. The Hall–Kier alpha value is -0.870. The normalized spacial score (nSPS) is 20.0. The average molecular weight is 237 g/mol. The van der Waals surface area contributed by atoms with E-state index in [2.05, 4.69) is 23.0 Å². The lowest BCUT2D eigenvalue weighted by molar-refractivity contribution is 0.182. The molecule has 1 aliphatic heterocycles. The van der Waals surface area contributed by atoms with Gasteiger partial charge in [-0.15, -0.1) is 0 Å². The first-order chi connectivity index (χ1) is 8.35. The predicted molar refractivity (Wildman–Crippen MR) is 68.1 cm³/mol. The van der Waals surface area contributed by atoms with Crippen molar-refractivity contribution in [2.45, 2.75) is 45.2 Å². The summed E-state index contributed by atoms with van der Waals surface area (Å²) in [6.45, 7) is 5.14. The fourth-order valence-electron chi connectivity index (χ4n) is 2.40. The van der Waals surface area contributed by atoms with Crippen LogP contribution in [0.3, 0.4) is 0 Å². The van der Waals surface area contributed by atoms with Crippen molar-refractivity contribution in [3.05, 3.63) is 17.7 Å². The maximum absolute atomic E-state index is 5.18. The van der Waals surface area contributed by atoms with Gasteiger partial charge in [-0.3, -0.25) is 0 Å². The molecular weight excluding hydrogens is 214 g/mol. The first-order valence-corrected chi connectivity index (χ1v) is 6.63. The molecule has 1 aromatic rings. The van der Waals surface area contributed by atoms with Gasteiger partial charge in [-0.2, -0.15) is 0 Å². The standard InChI is InChI=1S/C13H23N3O/c1-3-5-11-10-16-8-4-7-14-12(6-9-17-2)13(16)15-11/h10,12,14H,3-9H2,1-2H3. The maximum atomic E-state index is 5.18. The fraction of sp³-hybridized carbons (Fsp3) is 0.769. The van der Waals surface area contributed by atoms with Gasteiger partial charge in [0.05, 0.1) is 11.7 Å². The number of imidazole rings is 1. The topological polar surface area (TPSA) is 39.1 Å². The molecular formula is C13H23N3O. The van der Waals surface area contributed by atoms with Crippen LogP contribution in [0, 0.1) is 0 Å². The molecule has 0 spiro atoms. The molecule has 4 nitrogen and oxygen atoms in total. The van der Waals surface area contributed by atoms with Crippen molar-refractivity contribution < 1.29 is 4.74 Å². The molecule has 17 heavy (non-hydrogen) atoms. The number of aryl methyl sites for hydroxylation is 2. The number of nitrogens with zero attached hydrogens (tertiary/aromatic N) is 2. The first kappa shape index (κ1) is 12.6. The molecule has 0 saturated heterocycles. The third-order valence-corrected chi connectivity index (χ3v) is 3.25. The first-order valence-electron chi connectivity index (χ1n) is 6.63.